The highest BCUT2D eigenvalue weighted by atomic mass is 33.1. The molecule has 0 amide bonds. The lowest BCUT2D eigenvalue weighted by Crippen LogP contribution is -1.98. The molecule has 9 heavy (non-hydrogen) atoms. The fourth-order valence-corrected chi connectivity index (χ4v) is 3.95. The molecule has 0 spiro atoms. The minimum atomic E-state index is -1.94. The highest BCUT2D eigenvalue weighted by Crippen LogP contribution is 2.30. The van der Waals surface area contributed by atoms with E-state index in [1.165, 1.54) is 10.8 Å². The van der Waals surface area contributed by atoms with Crippen LogP contribution in [0.5, 0.6) is 0 Å². The standard InChI is InChI=1S/C4H6O2S3/c5-9(6)4-2-1-3-7-8-4/h1-3H2. The predicted molar refractivity (Wildman–Crippen MR) is 43.2 cm³/mol. The van der Waals surface area contributed by atoms with E-state index in [2.05, 4.69) is 0 Å². The first-order valence-electron chi connectivity index (χ1n) is 2.55. The summed E-state index contributed by atoms with van der Waals surface area (Å²) in [6, 6.07) is 0. The van der Waals surface area contributed by atoms with Crippen LogP contribution in [-0.4, -0.2) is 18.4 Å². The molecule has 0 bridgehead atoms. The van der Waals surface area contributed by atoms with Gasteiger partial charge in [0.05, 0.1) is 0 Å². The second-order valence-electron chi connectivity index (χ2n) is 1.62. The van der Waals surface area contributed by atoms with Crippen molar-refractivity contribution in [3.8, 4) is 0 Å². The lowest BCUT2D eigenvalue weighted by atomic mass is 10.4. The molecule has 52 valence electrons. The monoisotopic (exact) mass is 182 g/mol. The predicted octanol–water partition coefficient (Wildman–Crippen LogP) is 1.17. The van der Waals surface area contributed by atoms with Gasteiger partial charge >= 0.3 is 0 Å². The topological polar surface area (TPSA) is 34.1 Å². The van der Waals surface area contributed by atoms with Gasteiger partial charge < -0.3 is 0 Å². The molecule has 1 aliphatic rings. The number of hydrogen-bond donors (Lipinski definition) is 0. The summed E-state index contributed by atoms with van der Waals surface area (Å²) in [5.74, 6) is 1.07. The van der Waals surface area contributed by atoms with Crippen LogP contribution in [0, 0.1) is 0 Å². The third-order valence-corrected chi connectivity index (χ3v) is 4.92. The first kappa shape index (κ1) is 7.50. The van der Waals surface area contributed by atoms with Crippen molar-refractivity contribution in [1.29, 1.82) is 0 Å². The van der Waals surface area contributed by atoms with Gasteiger partial charge in [0, 0.05) is 5.75 Å². The molecule has 1 rings (SSSR count). The fraction of sp³-hybridized carbons (Fsp3) is 0.750. The maximum atomic E-state index is 10.3. The smallest absolute Gasteiger partial charge is 0.184 e. The van der Waals surface area contributed by atoms with E-state index in [-0.39, 0.29) is 0 Å². The van der Waals surface area contributed by atoms with Gasteiger partial charge in [0.2, 0.25) is 10.3 Å². The molecular weight excluding hydrogens is 176 g/mol. The lowest BCUT2D eigenvalue weighted by molar-refractivity contribution is 0.627. The Kier molecular flexibility index (Phi) is 2.94. The quantitative estimate of drug-likeness (QED) is 0.416. The molecule has 0 aromatic rings. The van der Waals surface area contributed by atoms with E-state index in [9.17, 15) is 8.42 Å². The number of rotatable bonds is 0. The van der Waals surface area contributed by atoms with Gasteiger partial charge in [-0.25, -0.2) is 0 Å². The van der Waals surface area contributed by atoms with E-state index in [1.807, 2.05) is 0 Å². The van der Waals surface area contributed by atoms with Crippen molar-refractivity contribution in [2.45, 2.75) is 12.8 Å². The fourth-order valence-electron chi connectivity index (χ4n) is 0.536. The lowest BCUT2D eigenvalue weighted by Gasteiger charge is -2.06. The Morgan fingerprint density at radius 1 is 1.44 bits per heavy atom. The number of hydrogen-bond acceptors (Lipinski definition) is 4. The zero-order valence-corrected chi connectivity index (χ0v) is 7.11. The summed E-state index contributed by atoms with van der Waals surface area (Å²) in [7, 11) is 1.07. The summed E-state index contributed by atoms with van der Waals surface area (Å²) in [6.45, 7) is 0. The van der Waals surface area contributed by atoms with E-state index in [0.717, 1.165) is 18.6 Å². The largest absolute Gasteiger partial charge is 0.224 e. The first-order valence-corrected chi connectivity index (χ1v) is 5.94. The average molecular weight is 182 g/mol. The van der Waals surface area contributed by atoms with Crippen LogP contribution in [-0.2, 0) is 10.3 Å². The molecule has 0 N–H and O–H groups in total. The van der Waals surface area contributed by atoms with E-state index >= 15 is 0 Å². The third-order valence-electron chi connectivity index (χ3n) is 0.946. The normalized spacial score (nSPS) is 19.8. The minimum Gasteiger partial charge on any atom is -0.184 e. The Morgan fingerprint density at radius 3 is 2.56 bits per heavy atom. The Labute approximate surface area is 63.3 Å². The van der Waals surface area contributed by atoms with Crippen molar-refractivity contribution in [1.82, 2.24) is 0 Å². The molecule has 0 radical (unpaired) electrons. The third kappa shape index (κ3) is 2.23. The second-order valence-corrected chi connectivity index (χ2v) is 5.35. The Bertz CT molecular complexity index is 200. The highest BCUT2D eigenvalue weighted by molar-refractivity contribution is 8.83. The maximum Gasteiger partial charge on any atom is 0.224 e. The van der Waals surface area contributed by atoms with Crippen molar-refractivity contribution in [2.75, 3.05) is 5.75 Å². The van der Waals surface area contributed by atoms with Gasteiger partial charge in [0.15, 0.2) is 0 Å². The van der Waals surface area contributed by atoms with Crippen molar-refractivity contribution in [3.63, 3.8) is 0 Å². The SMILES string of the molecule is O=S(=O)=C1CCCSS1. The maximum absolute atomic E-state index is 10.3. The molecule has 0 aromatic heterocycles. The van der Waals surface area contributed by atoms with Crippen LogP contribution in [0.1, 0.15) is 12.8 Å². The van der Waals surface area contributed by atoms with Crippen molar-refractivity contribution < 1.29 is 8.42 Å². The molecule has 1 saturated heterocycles. The Balaban J connectivity index is 2.72. The van der Waals surface area contributed by atoms with Crippen LogP contribution in [0.3, 0.4) is 0 Å². The molecule has 2 nitrogen and oxygen atoms in total. The molecule has 0 atom stereocenters. The summed E-state index contributed by atoms with van der Waals surface area (Å²) in [5, 5.41) is 0. The molecule has 0 saturated carbocycles. The molecule has 5 heteroatoms. The van der Waals surface area contributed by atoms with Gasteiger partial charge in [-0.1, -0.05) is 10.8 Å². The van der Waals surface area contributed by atoms with Crippen LogP contribution in [0.2, 0.25) is 0 Å². The zero-order chi connectivity index (χ0) is 6.69. The zero-order valence-electron chi connectivity index (χ0n) is 4.66. The molecule has 0 aliphatic carbocycles. The second kappa shape index (κ2) is 3.53. The molecule has 0 unspecified atom stereocenters. The summed E-state index contributed by atoms with van der Waals surface area (Å²) in [5.41, 5.74) is 0. The van der Waals surface area contributed by atoms with Crippen LogP contribution < -0.4 is 0 Å². The molecule has 0 aromatic carbocycles. The Morgan fingerprint density at radius 2 is 2.22 bits per heavy atom. The summed E-state index contributed by atoms with van der Waals surface area (Å²) in [4.78, 5) is 0. The van der Waals surface area contributed by atoms with Gasteiger partial charge in [0.25, 0.3) is 0 Å². The van der Waals surface area contributed by atoms with E-state index in [4.69, 9.17) is 0 Å². The molecule has 1 heterocycles. The van der Waals surface area contributed by atoms with Crippen LogP contribution in [0.4, 0.5) is 0 Å². The van der Waals surface area contributed by atoms with Gasteiger partial charge in [-0.2, -0.15) is 8.42 Å². The van der Waals surface area contributed by atoms with Crippen LogP contribution in [0.25, 0.3) is 0 Å². The van der Waals surface area contributed by atoms with Crippen molar-refractivity contribution in [2.24, 2.45) is 0 Å². The first-order chi connectivity index (χ1) is 4.30. The summed E-state index contributed by atoms with van der Waals surface area (Å²) < 4.78 is 21.2. The Hall–Kier alpha value is 0.390. The van der Waals surface area contributed by atoms with Crippen molar-refractivity contribution in [3.05, 3.63) is 0 Å². The van der Waals surface area contributed by atoms with E-state index in [1.54, 1.807) is 10.8 Å². The van der Waals surface area contributed by atoms with Gasteiger partial charge in [0.1, 0.15) is 4.20 Å². The average Bonchev–Trinajstić information content (AvgIpc) is 1.90. The van der Waals surface area contributed by atoms with Crippen LogP contribution >= 0.6 is 21.6 Å². The molecular formula is C4H6O2S3. The molecule has 1 fully saturated rings. The van der Waals surface area contributed by atoms with Gasteiger partial charge in [-0.05, 0) is 23.6 Å². The van der Waals surface area contributed by atoms with Crippen LogP contribution in [0.15, 0.2) is 0 Å². The van der Waals surface area contributed by atoms with Gasteiger partial charge in [-0.3, -0.25) is 0 Å². The molecule has 1 aliphatic heterocycles. The van der Waals surface area contributed by atoms with Crippen molar-refractivity contribution >= 4 is 36.1 Å². The summed E-state index contributed by atoms with van der Waals surface area (Å²) in [6.07, 6.45) is 1.74. The van der Waals surface area contributed by atoms with E-state index < -0.39 is 10.3 Å². The summed E-state index contributed by atoms with van der Waals surface area (Å²) >= 11 is 0. The van der Waals surface area contributed by atoms with E-state index in [0.29, 0.717) is 4.20 Å². The van der Waals surface area contributed by atoms with Gasteiger partial charge in [-0.15, -0.1) is 0 Å². The minimum absolute atomic E-state index is 0.603. The highest BCUT2D eigenvalue weighted by Gasteiger charge is 2.08.